The molecule has 2 fully saturated rings. The van der Waals surface area contributed by atoms with E-state index < -0.39 is 0 Å². The van der Waals surface area contributed by atoms with Crippen molar-refractivity contribution in [1.82, 2.24) is 29.6 Å². The van der Waals surface area contributed by atoms with E-state index in [1.165, 1.54) is 0 Å². The molecular weight excluding hydrogens is 338 g/mol. The maximum atomic E-state index is 9.53. The SMILES string of the molecule is CCN1C[C@@H]2CC(CC#N)(n3cc(-c4ncnc5[nH]ccc45)cn3)C[C@@H]2C1. The summed E-state index contributed by atoms with van der Waals surface area (Å²) in [5.41, 5.74) is 2.50. The van der Waals surface area contributed by atoms with Crippen LogP contribution in [-0.2, 0) is 5.54 Å². The van der Waals surface area contributed by atoms with Crippen LogP contribution in [0.15, 0.2) is 31.0 Å². The third-order valence-corrected chi connectivity index (χ3v) is 6.49. The largest absolute Gasteiger partial charge is 0.346 e. The molecule has 27 heavy (non-hydrogen) atoms. The van der Waals surface area contributed by atoms with E-state index in [9.17, 15) is 5.26 Å². The second-order valence-corrected chi connectivity index (χ2v) is 7.98. The van der Waals surface area contributed by atoms with Crippen molar-refractivity contribution in [3.05, 3.63) is 31.0 Å². The molecule has 0 bridgehead atoms. The molecule has 138 valence electrons. The van der Waals surface area contributed by atoms with Crippen molar-refractivity contribution in [2.24, 2.45) is 11.8 Å². The molecule has 1 aliphatic carbocycles. The zero-order valence-corrected chi connectivity index (χ0v) is 15.5. The van der Waals surface area contributed by atoms with Crippen LogP contribution in [0.2, 0.25) is 0 Å². The van der Waals surface area contributed by atoms with Gasteiger partial charge < -0.3 is 9.88 Å². The van der Waals surface area contributed by atoms with E-state index in [1.807, 2.05) is 18.5 Å². The van der Waals surface area contributed by atoms with E-state index >= 15 is 0 Å². The van der Waals surface area contributed by atoms with Gasteiger partial charge in [0, 0.05) is 36.4 Å². The van der Waals surface area contributed by atoms with Crippen molar-refractivity contribution in [3.63, 3.8) is 0 Å². The van der Waals surface area contributed by atoms with Gasteiger partial charge in [-0.2, -0.15) is 10.4 Å². The van der Waals surface area contributed by atoms with Crippen molar-refractivity contribution in [1.29, 1.82) is 5.26 Å². The molecule has 0 spiro atoms. The molecule has 1 saturated carbocycles. The van der Waals surface area contributed by atoms with Crippen LogP contribution in [0.1, 0.15) is 26.2 Å². The Balaban J connectivity index is 1.49. The van der Waals surface area contributed by atoms with Gasteiger partial charge in [0.05, 0.1) is 29.9 Å². The normalized spacial score (nSPS) is 27.9. The first-order chi connectivity index (χ1) is 13.2. The van der Waals surface area contributed by atoms with Gasteiger partial charge in [-0.15, -0.1) is 0 Å². The standard InChI is InChI=1S/C20H23N7/c1-2-26-10-14-7-20(4-5-21,8-15(14)11-26)27-12-16(9-25-27)18-17-3-6-22-19(17)24-13-23-18/h3,6,9,12-15H,2,4,7-8,10-11H2,1H3,(H,22,23,24)/t14-,15+,20?. The maximum absolute atomic E-state index is 9.53. The predicted octanol–water partition coefficient (Wildman–Crippen LogP) is 2.79. The van der Waals surface area contributed by atoms with Crippen LogP contribution in [0.3, 0.4) is 0 Å². The molecule has 7 heteroatoms. The molecule has 1 N–H and O–H groups in total. The molecule has 2 aliphatic rings. The summed E-state index contributed by atoms with van der Waals surface area (Å²) in [5, 5.41) is 15.2. The molecule has 3 atom stereocenters. The molecule has 7 nitrogen and oxygen atoms in total. The van der Waals surface area contributed by atoms with Crippen LogP contribution in [0, 0.1) is 23.2 Å². The molecule has 0 amide bonds. The molecular formula is C20H23N7. The second kappa shape index (κ2) is 6.17. The van der Waals surface area contributed by atoms with Gasteiger partial charge in [-0.05, 0) is 37.3 Å². The number of aromatic amines is 1. The van der Waals surface area contributed by atoms with E-state index in [-0.39, 0.29) is 5.54 Å². The Hall–Kier alpha value is -2.72. The van der Waals surface area contributed by atoms with Crippen LogP contribution < -0.4 is 0 Å². The summed E-state index contributed by atoms with van der Waals surface area (Å²) in [4.78, 5) is 14.4. The zero-order valence-electron chi connectivity index (χ0n) is 15.5. The highest BCUT2D eigenvalue weighted by Gasteiger charge is 2.50. The van der Waals surface area contributed by atoms with Crippen molar-refractivity contribution < 1.29 is 0 Å². The quantitative estimate of drug-likeness (QED) is 0.772. The summed E-state index contributed by atoms with van der Waals surface area (Å²) in [6.45, 7) is 5.65. The van der Waals surface area contributed by atoms with Crippen LogP contribution in [0.4, 0.5) is 0 Å². The molecule has 3 aromatic heterocycles. The lowest BCUT2D eigenvalue weighted by atomic mass is 9.92. The predicted molar refractivity (Wildman–Crippen MR) is 102 cm³/mol. The number of nitrogens with zero attached hydrogens (tertiary/aromatic N) is 6. The van der Waals surface area contributed by atoms with Crippen LogP contribution >= 0.6 is 0 Å². The lowest BCUT2D eigenvalue weighted by Crippen LogP contribution is -2.34. The van der Waals surface area contributed by atoms with E-state index in [1.54, 1.807) is 6.33 Å². The summed E-state index contributed by atoms with van der Waals surface area (Å²) in [5.74, 6) is 1.34. The smallest absolute Gasteiger partial charge is 0.141 e. The number of fused-ring (bicyclic) bond motifs is 2. The number of H-pyrrole nitrogens is 1. The summed E-state index contributed by atoms with van der Waals surface area (Å²) in [6.07, 6.45) is 9.98. The van der Waals surface area contributed by atoms with E-state index in [2.05, 4.69) is 43.7 Å². The zero-order chi connectivity index (χ0) is 18.4. The molecule has 1 saturated heterocycles. The Labute approximate surface area is 158 Å². The van der Waals surface area contributed by atoms with Crippen LogP contribution in [0.25, 0.3) is 22.3 Å². The van der Waals surface area contributed by atoms with Crippen molar-refractivity contribution in [2.75, 3.05) is 19.6 Å². The maximum Gasteiger partial charge on any atom is 0.141 e. The monoisotopic (exact) mass is 361 g/mol. The lowest BCUT2D eigenvalue weighted by molar-refractivity contribution is 0.222. The van der Waals surface area contributed by atoms with Gasteiger partial charge in [0.2, 0.25) is 0 Å². The topological polar surface area (TPSA) is 86.4 Å². The first-order valence-corrected chi connectivity index (χ1v) is 9.65. The van der Waals surface area contributed by atoms with Gasteiger partial charge in [-0.25, -0.2) is 9.97 Å². The molecule has 3 aromatic rings. The number of rotatable bonds is 4. The number of hydrogen-bond donors (Lipinski definition) is 1. The molecule has 4 heterocycles. The number of likely N-dealkylation sites (tertiary alicyclic amines) is 1. The summed E-state index contributed by atoms with van der Waals surface area (Å²) >= 11 is 0. The molecule has 1 unspecified atom stereocenters. The number of aromatic nitrogens is 5. The second-order valence-electron chi connectivity index (χ2n) is 7.98. The average molecular weight is 361 g/mol. The highest BCUT2D eigenvalue weighted by molar-refractivity contribution is 5.89. The summed E-state index contributed by atoms with van der Waals surface area (Å²) in [6, 6.07) is 4.43. The minimum absolute atomic E-state index is 0.188. The van der Waals surface area contributed by atoms with Crippen LogP contribution in [0.5, 0.6) is 0 Å². The van der Waals surface area contributed by atoms with E-state index in [0.717, 1.165) is 54.8 Å². The highest BCUT2D eigenvalue weighted by atomic mass is 15.3. The van der Waals surface area contributed by atoms with Gasteiger partial charge in [0.25, 0.3) is 0 Å². The first-order valence-electron chi connectivity index (χ1n) is 9.65. The Morgan fingerprint density at radius 1 is 1.30 bits per heavy atom. The minimum Gasteiger partial charge on any atom is -0.346 e. The minimum atomic E-state index is -0.188. The van der Waals surface area contributed by atoms with Gasteiger partial charge in [-0.1, -0.05) is 6.92 Å². The van der Waals surface area contributed by atoms with Gasteiger partial charge in [0.15, 0.2) is 0 Å². The molecule has 0 radical (unpaired) electrons. The molecule has 1 aliphatic heterocycles. The van der Waals surface area contributed by atoms with E-state index in [4.69, 9.17) is 5.10 Å². The summed E-state index contributed by atoms with van der Waals surface area (Å²) < 4.78 is 2.06. The number of hydrogen-bond acceptors (Lipinski definition) is 5. The summed E-state index contributed by atoms with van der Waals surface area (Å²) in [7, 11) is 0. The average Bonchev–Trinajstić information content (AvgIpc) is 3.43. The van der Waals surface area contributed by atoms with Crippen molar-refractivity contribution in [2.45, 2.75) is 31.7 Å². The Bertz CT molecular complexity index is 997. The third kappa shape index (κ3) is 2.55. The van der Waals surface area contributed by atoms with Crippen LogP contribution in [-0.4, -0.2) is 49.3 Å². The fourth-order valence-electron chi connectivity index (χ4n) is 5.18. The van der Waals surface area contributed by atoms with Gasteiger partial charge in [0.1, 0.15) is 12.0 Å². The Morgan fingerprint density at radius 3 is 2.85 bits per heavy atom. The fraction of sp³-hybridized carbons (Fsp3) is 0.500. The van der Waals surface area contributed by atoms with Crippen molar-refractivity contribution >= 4 is 11.0 Å². The highest BCUT2D eigenvalue weighted by Crippen LogP contribution is 2.49. The van der Waals surface area contributed by atoms with E-state index in [0.29, 0.717) is 18.3 Å². The Morgan fingerprint density at radius 2 is 2.11 bits per heavy atom. The van der Waals surface area contributed by atoms with Gasteiger partial charge >= 0.3 is 0 Å². The first kappa shape index (κ1) is 16.5. The van der Waals surface area contributed by atoms with Crippen molar-refractivity contribution in [3.8, 4) is 17.3 Å². The number of nitrogens with one attached hydrogen (secondary N) is 1. The lowest BCUT2D eigenvalue weighted by Gasteiger charge is -2.29. The fourth-order valence-corrected chi connectivity index (χ4v) is 5.18. The number of nitriles is 1. The molecule has 0 aromatic carbocycles. The Kier molecular flexibility index (Phi) is 3.76. The molecule has 5 rings (SSSR count). The van der Waals surface area contributed by atoms with Gasteiger partial charge in [-0.3, -0.25) is 4.68 Å². The third-order valence-electron chi connectivity index (χ3n) is 6.49.